The molecular formula is C17H26BrN3O. The lowest BCUT2D eigenvalue weighted by atomic mass is 10.0. The molecule has 1 aromatic rings. The van der Waals surface area contributed by atoms with Crippen LogP contribution in [0.1, 0.15) is 32.4 Å². The van der Waals surface area contributed by atoms with Crippen LogP contribution in [0.15, 0.2) is 28.7 Å². The maximum absolute atomic E-state index is 12.3. The highest BCUT2D eigenvalue weighted by atomic mass is 79.9. The zero-order chi connectivity index (χ0) is 16.3. The number of nitrogens with zero attached hydrogens (tertiary/aromatic N) is 2. The number of amides is 1. The lowest BCUT2D eigenvalue weighted by Crippen LogP contribution is -2.54. The van der Waals surface area contributed by atoms with E-state index >= 15 is 0 Å². The number of rotatable bonds is 4. The van der Waals surface area contributed by atoms with E-state index in [1.165, 1.54) is 5.56 Å². The first kappa shape index (κ1) is 17.4. The first-order valence-electron chi connectivity index (χ1n) is 7.94. The van der Waals surface area contributed by atoms with Crippen molar-refractivity contribution in [2.75, 3.05) is 26.2 Å². The van der Waals surface area contributed by atoms with E-state index in [9.17, 15) is 4.79 Å². The van der Waals surface area contributed by atoms with Gasteiger partial charge in [-0.25, -0.2) is 0 Å². The fraction of sp³-hybridized carbons (Fsp3) is 0.588. The Bertz CT molecular complexity index is 495. The van der Waals surface area contributed by atoms with Gasteiger partial charge in [0.25, 0.3) is 0 Å². The van der Waals surface area contributed by atoms with Gasteiger partial charge >= 0.3 is 0 Å². The van der Waals surface area contributed by atoms with Crippen LogP contribution in [0, 0.1) is 5.92 Å². The largest absolute Gasteiger partial charge is 0.339 e. The van der Waals surface area contributed by atoms with Crippen molar-refractivity contribution in [3.8, 4) is 0 Å². The topological polar surface area (TPSA) is 49.6 Å². The summed E-state index contributed by atoms with van der Waals surface area (Å²) in [4.78, 5) is 16.6. The smallest absolute Gasteiger partial charge is 0.239 e. The Morgan fingerprint density at radius 1 is 1.09 bits per heavy atom. The predicted octanol–water partition coefficient (Wildman–Crippen LogP) is 2.64. The van der Waals surface area contributed by atoms with Gasteiger partial charge in [0, 0.05) is 36.7 Å². The lowest BCUT2D eigenvalue weighted by Gasteiger charge is -2.39. The quantitative estimate of drug-likeness (QED) is 0.889. The third-order valence-electron chi connectivity index (χ3n) is 4.53. The molecule has 0 radical (unpaired) electrons. The van der Waals surface area contributed by atoms with Crippen LogP contribution < -0.4 is 5.73 Å². The van der Waals surface area contributed by atoms with Gasteiger partial charge in [0.1, 0.15) is 0 Å². The molecule has 122 valence electrons. The summed E-state index contributed by atoms with van der Waals surface area (Å²) in [6.07, 6.45) is 0. The minimum Gasteiger partial charge on any atom is -0.339 e. The summed E-state index contributed by atoms with van der Waals surface area (Å²) in [6, 6.07) is 8.45. The Hall–Kier alpha value is -0.910. The van der Waals surface area contributed by atoms with E-state index in [1.807, 2.05) is 18.7 Å². The molecule has 1 saturated heterocycles. The van der Waals surface area contributed by atoms with E-state index in [2.05, 4.69) is 52.0 Å². The fourth-order valence-electron chi connectivity index (χ4n) is 2.78. The number of carbonyl (C=O) groups excluding carboxylic acids is 1. The van der Waals surface area contributed by atoms with Crippen molar-refractivity contribution in [1.29, 1.82) is 0 Å². The average Bonchev–Trinajstić information content (AvgIpc) is 2.53. The molecule has 2 atom stereocenters. The van der Waals surface area contributed by atoms with Gasteiger partial charge in [0.15, 0.2) is 0 Å². The van der Waals surface area contributed by atoms with Crippen LogP contribution in [0.25, 0.3) is 0 Å². The molecule has 1 aliphatic rings. The van der Waals surface area contributed by atoms with Gasteiger partial charge in [-0.3, -0.25) is 9.69 Å². The van der Waals surface area contributed by atoms with Crippen molar-refractivity contribution in [3.63, 3.8) is 0 Å². The molecule has 0 bridgehead atoms. The first-order valence-corrected chi connectivity index (χ1v) is 8.73. The average molecular weight is 368 g/mol. The van der Waals surface area contributed by atoms with E-state index in [0.29, 0.717) is 6.04 Å². The van der Waals surface area contributed by atoms with Gasteiger partial charge in [0.05, 0.1) is 6.04 Å². The SMILES string of the molecule is CC(C)[C@H](N)C(=O)N1CCN(C(C)c2ccc(Br)cc2)CC1. The summed E-state index contributed by atoms with van der Waals surface area (Å²) in [7, 11) is 0. The first-order chi connectivity index (χ1) is 10.4. The van der Waals surface area contributed by atoms with E-state index in [0.717, 1.165) is 30.7 Å². The van der Waals surface area contributed by atoms with Crippen LogP contribution in [-0.2, 0) is 4.79 Å². The summed E-state index contributed by atoms with van der Waals surface area (Å²) in [5.41, 5.74) is 7.29. The van der Waals surface area contributed by atoms with Gasteiger partial charge < -0.3 is 10.6 Å². The van der Waals surface area contributed by atoms with Crippen LogP contribution in [0.5, 0.6) is 0 Å². The number of nitrogens with two attached hydrogens (primary N) is 1. The monoisotopic (exact) mass is 367 g/mol. The van der Waals surface area contributed by atoms with Crippen molar-refractivity contribution in [1.82, 2.24) is 9.80 Å². The fourth-order valence-corrected chi connectivity index (χ4v) is 3.04. The molecule has 2 N–H and O–H groups in total. The van der Waals surface area contributed by atoms with Gasteiger partial charge in [-0.1, -0.05) is 41.9 Å². The van der Waals surface area contributed by atoms with E-state index in [4.69, 9.17) is 5.73 Å². The highest BCUT2D eigenvalue weighted by Crippen LogP contribution is 2.23. The highest BCUT2D eigenvalue weighted by Gasteiger charge is 2.28. The van der Waals surface area contributed by atoms with E-state index < -0.39 is 0 Å². The van der Waals surface area contributed by atoms with Crippen LogP contribution >= 0.6 is 15.9 Å². The van der Waals surface area contributed by atoms with Crippen LogP contribution in [-0.4, -0.2) is 47.9 Å². The minimum absolute atomic E-state index is 0.0888. The zero-order valence-electron chi connectivity index (χ0n) is 13.6. The van der Waals surface area contributed by atoms with Crippen molar-refractivity contribution in [2.24, 2.45) is 11.7 Å². The van der Waals surface area contributed by atoms with E-state index in [1.54, 1.807) is 0 Å². The van der Waals surface area contributed by atoms with Crippen molar-refractivity contribution in [3.05, 3.63) is 34.3 Å². The van der Waals surface area contributed by atoms with Gasteiger partial charge in [-0.05, 0) is 30.5 Å². The number of piperazine rings is 1. The van der Waals surface area contributed by atoms with Gasteiger partial charge in [0.2, 0.25) is 5.91 Å². The molecule has 1 fully saturated rings. The Balaban J connectivity index is 1.91. The minimum atomic E-state index is -0.379. The summed E-state index contributed by atoms with van der Waals surface area (Å²) < 4.78 is 1.10. The van der Waals surface area contributed by atoms with Crippen molar-refractivity contribution < 1.29 is 4.79 Å². The second-order valence-corrected chi connectivity index (χ2v) is 7.27. The Morgan fingerprint density at radius 2 is 1.64 bits per heavy atom. The van der Waals surface area contributed by atoms with E-state index in [-0.39, 0.29) is 17.9 Å². The molecule has 1 aliphatic heterocycles. The summed E-state index contributed by atoms with van der Waals surface area (Å²) in [5, 5.41) is 0. The summed E-state index contributed by atoms with van der Waals surface area (Å²) >= 11 is 3.47. The third kappa shape index (κ3) is 4.09. The summed E-state index contributed by atoms with van der Waals surface area (Å²) in [6.45, 7) is 9.53. The number of halogens is 1. The number of hydrogen-bond donors (Lipinski definition) is 1. The van der Waals surface area contributed by atoms with Gasteiger partial charge in [-0.15, -0.1) is 0 Å². The molecule has 2 rings (SSSR count). The zero-order valence-corrected chi connectivity index (χ0v) is 15.2. The Labute approximate surface area is 141 Å². The number of carbonyl (C=O) groups is 1. The Morgan fingerprint density at radius 3 is 2.14 bits per heavy atom. The molecule has 1 heterocycles. The molecule has 1 unspecified atom stereocenters. The van der Waals surface area contributed by atoms with Crippen LogP contribution in [0.3, 0.4) is 0 Å². The normalized spacial score (nSPS) is 19.3. The molecule has 0 spiro atoms. The second-order valence-electron chi connectivity index (χ2n) is 6.36. The molecule has 22 heavy (non-hydrogen) atoms. The second kappa shape index (κ2) is 7.57. The predicted molar refractivity (Wildman–Crippen MR) is 93.5 cm³/mol. The standard InChI is InChI=1S/C17H26BrN3O/c1-12(2)16(19)17(22)21-10-8-20(9-11-21)13(3)14-4-6-15(18)7-5-14/h4-7,12-13,16H,8-11,19H2,1-3H3/t13?,16-/m0/s1. The molecule has 1 aromatic carbocycles. The van der Waals surface area contributed by atoms with Crippen LogP contribution in [0.4, 0.5) is 0 Å². The number of hydrogen-bond acceptors (Lipinski definition) is 3. The number of benzene rings is 1. The molecular weight excluding hydrogens is 342 g/mol. The third-order valence-corrected chi connectivity index (χ3v) is 5.06. The molecule has 0 aromatic heterocycles. The highest BCUT2D eigenvalue weighted by molar-refractivity contribution is 9.10. The molecule has 4 nitrogen and oxygen atoms in total. The maximum Gasteiger partial charge on any atom is 0.239 e. The molecule has 5 heteroatoms. The maximum atomic E-state index is 12.3. The lowest BCUT2D eigenvalue weighted by molar-refractivity contribution is -0.135. The molecule has 0 saturated carbocycles. The molecule has 0 aliphatic carbocycles. The van der Waals surface area contributed by atoms with Crippen molar-refractivity contribution >= 4 is 21.8 Å². The van der Waals surface area contributed by atoms with Gasteiger partial charge in [-0.2, -0.15) is 0 Å². The summed E-state index contributed by atoms with van der Waals surface area (Å²) in [5.74, 6) is 0.276. The molecule has 1 amide bonds. The van der Waals surface area contributed by atoms with Crippen molar-refractivity contribution in [2.45, 2.75) is 32.9 Å². The van der Waals surface area contributed by atoms with Crippen LogP contribution in [0.2, 0.25) is 0 Å². The Kier molecular flexibility index (Phi) is 6.01.